The van der Waals surface area contributed by atoms with E-state index in [1.165, 1.54) is 12.1 Å². The van der Waals surface area contributed by atoms with Gasteiger partial charge in [-0.1, -0.05) is 95.3 Å². The van der Waals surface area contributed by atoms with Crippen molar-refractivity contribution in [3.8, 4) is 11.1 Å². The van der Waals surface area contributed by atoms with Crippen molar-refractivity contribution in [2.24, 2.45) is 0 Å². The number of fused-ring (bicyclic) bond motifs is 6. The standard InChI is InChI=1S/C16H20ClN3OSi.C10H7Cl2N3.C10H6ClN3.C5H4BCl2NO2.C5H5IN2/c1-22(2,3)10-9-21-11-20-15-12(5-4-8-18-15)13-6-7-14(17)19-16(13)20;11-8-4-3-6(9(12)15-8)7-2-1-5-14-10(7)13;11-8-4-3-7-6-2-1-5-12-9(6)14-10(7)13-8;7-4-2-1-3(6(10)11)5(8)9-4;6-4-2-1-3-8-5(4)7/h4-8H,9-11H2,1-3H3;1-5H,(H2,13,14);1-5H,(H,12,13,14);1-2,10-11H;1-3H,(H2,7,8). The summed E-state index contributed by atoms with van der Waals surface area (Å²) in [6.07, 6.45) is 6.84. The van der Waals surface area contributed by atoms with Crippen molar-refractivity contribution in [3.63, 3.8) is 0 Å². The van der Waals surface area contributed by atoms with Gasteiger partial charge in [-0.15, -0.1) is 0 Å². The molecule has 70 heavy (non-hydrogen) atoms. The van der Waals surface area contributed by atoms with Crippen molar-refractivity contribution < 1.29 is 14.8 Å². The predicted molar refractivity (Wildman–Crippen MR) is 298 cm³/mol. The van der Waals surface area contributed by atoms with Gasteiger partial charge in [-0.2, -0.15) is 0 Å². The molecule has 0 aromatic carbocycles. The molecule has 0 radical (unpaired) electrons. The van der Waals surface area contributed by atoms with Crippen LogP contribution in [0.3, 0.4) is 0 Å². The zero-order chi connectivity index (χ0) is 50.5. The Kier molecular flexibility index (Phi) is 19.7. The number of pyridine rings is 8. The van der Waals surface area contributed by atoms with Gasteiger partial charge < -0.3 is 31.2 Å². The van der Waals surface area contributed by atoms with E-state index in [9.17, 15) is 0 Å². The van der Waals surface area contributed by atoms with E-state index in [0.717, 1.165) is 71.5 Å². The van der Waals surface area contributed by atoms with Crippen LogP contribution in [0.2, 0.25) is 56.6 Å². The van der Waals surface area contributed by atoms with Crippen molar-refractivity contribution >= 4 is 169 Å². The Morgan fingerprint density at radius 3 is 1.76 bits per heavy atom. The number of halogens is 7. The highest BCUT2D eigenvalue weighted by Gasteiger charge is 2.17. The smallest absolute Gasteiger partial charge is 0.423 e. The van der Waals surface area contributed by atoms with E-state index in [0.29, 0.717) is 39.0 Å². The van der Waals surface area contributed by atoms with Crippen LogP contribution in [0.5, 0.6) is 0 Å². The number of hydrogen-bond donors (Lipinski definition) is 5. The van der Waals surface area contributed by atoms with E-state index in [2.05, 4.69) is 93.2 Å². The molecule has 24 heteroatoms. The Balaban J connectivity index is 0.000000149. The van der Waals surface area contributed by atoms with Gasteiger partial charge in [0.2, 0.25) is 0 Å². The Labute approximate surface area is 447 Å². The third-order valence-corrected chi connectivity index (χ3v) is 13.7. The molecule has 15 nitrogen and oxygen atoms in total. The van der Waals surface area contributed by atoms with E-state index in [4.69, 9.17) is 95.9 Å². The van der Waals surface area contributed by atoms with Gasteiger partial charge in [-0.25, -0.2) is 39.9 Å². The van der Waals surface area contributed by atoms with Crippen LogP contribution in [0, 0.1) is 3.57 Å². The highest BCUT2D eigenvalue weighted by molar-refractivity contribution is 14.1. The molecule has 0 unspecified atom stereocenters. The van der Waals surface area contributed by atoms with Gasteiger partial charge in [0, 0.05) is 77.6 Å². The fourth-order valence-electron chi connectivity index (χ4n) is 6.27. The fourth-order valence-corrected chi connectivity index (χ4v) is 8.56. The number of aromatic amines is 1. The number of ether oxygens (including phenoxy) is 1. The molecule has 0 fully saturated rings. The number of aromatic nitrogens is 10. The zero-order valence-electron chi connectivity index (χ0n) is 37.4. The Hall–Kier alpha value is -4.97. The summed E-state index contributed by atoms with van der Waals surface area (Å²) in [6.45, 7) is 8.26. The normalized spacial score (nSPS) is 10.9. The van der Waals surface area contributed by atoms with E-state index in [-0.39, 0.29) is 15.8 Å². The summed E-state index contributed by atoms with van der Waals surface area (Å²) >= 11 is 36.6. The minimum Gasteiger partial charge on any atom is -0.423 e. The van der Waals surface area contributed by atoms with Crippen molar-refractivity contribution in [2.75, 3.05) is 18.1 Å². The average Bonchev–Trinajstić information content (AvgIpc) is 3.84. The molecule has 10 heterocycles. The van der Waals surface area contributed by atoms with Crippen LogP contribution >= 0.6 is 92.2 Å². The van der Waals surface area contributed by atoms with E-state index >= 15 is 0 Å². The lowest BCUT2D eigenvalue weighted by Gasteiger charge is -2.15. The Morgan fingerprint density at radius 1 is 0.586 bits per heavy atom. The van der Waals surface area contributed by atoms with Crippen LogP contribution in [0.15, 0.2) is 122 Å². The van der Waals surface area contributed by atoms with Crippen molar-refractivity contribution in [2.45, 2.75) is 32.4 Å². The van der Waals surface area contributed by atoms with Crippen LogP contribution in [0.25, 0.3) is 55.3 Å². The van der Waals surface area contributed by atoms with Crippen LogP contribution < -0.4 is 16.9 Å². The quantitative estimate of drug-likeness (QED) is 0.0434. The lowest BCUT2D eigenvalue weighted by Crippen LogP contribution is -2.31. The first-order chi connectivity index (χ1) is 33.4. The summed E-state index contributed by atoms with van der Waals surface area (Å²) in [6, 6.07) is 30.3. The predicted octanol–water partition coefficient (Wildman–Crippen LogP) is 11.7. The third kappa shape index (κ3) is 15.0. The summed E-state index contributed by atoms with van der Waals surface area (Å²) in [4.78, 5) is 35.8. The molecule has 7 N–H and O–H groups in total. The summed E-state index contributed by atoms with van der Waals surface area (Å²) in [7, 11) is -2.69. The molecule has 10 rings (SSSR count). The number of nitrogens with zero attached hydrogens (tertiary/aromatic N) is 9. The lowest BCUT2D eigenvalue weighted by atomic mass is 9.82. The van der Waals surface area contributed by atoms with Crippen molar-refractivity contribution in [1.82, 2.24) is 49.4 Å². The van der Waals surface area contributed by atoms with Gasteiger partial charge in [0.05, 0.1) is 3.57 Å². The second kappa shape index (κ2) is 25.4. The number of H-pyrrole nitrogens is 1. The van der Waals surface area contributed by atoms with Gasteiger partial charge >= 0.3 is 7.12 Å². The molecule has 0 atom stereocenters. The van der Waals surface area contributed by atoms with Crippen LogP contribution in [-0.4, -0.2) is 81.3 Å². The maximum atomic E-state index is 8.68. The van der Waals surface area contributed by atoms with E-state index < -0.39 is 15.2 Å². The maximum absolute atomic E-state index is 8.68. The molecule has 0 aliphatic heterocycles. The lowest BCUT2D eigenvalue weighted by molar-refractivity contribution is 0.0922. The van der Waals surface area contributed by atoms with E-state index in [1.54, 1.807) is 49.1 Å². The highest BCUT2D eigenvalue weighted by atomic mass is 127. The molecule has 0 spiro atoms. The third-order valence-electron chi connectivity index (χ3n) is 9.69. The molecule has 360 valence electrons. The number of nitrogens with two attached hydrogens (primary N) is 2. The average molecular weight is 1190 g/mol. The fraction of sp³-hybridized carbons (Fsp3) is 0.130. The van der Waals surface area contributed by atoms with Gasteiger partial charge in [0.15, 0.2) is 0 Å². The molecular formula is C46H42BCl6IN12O3Si. The number of nitrogen functional groups attached to an aromatic ring is 2. The monoisotopic (exact) mass is 1190 g/mol. The second-order valence-electron chi connectivity index (χ2n) is 15.9. The number of hydrogen-bond acceptors (Lipinski definition) is 13. The Bertz CT molecular complexity index is 3350. The molecule has 0 aliphatic rings. The highest BCUT2D eigenvalue weighted by Crippen LogP contribution is 2.31. The molecule has 0 saturated carbocycles. The molecule has 10 aromatic rings. The summed E-state index contributed by atoms with van der Waals surface area (Å²) in [5.41, 5.74) is 16.1. The summed E-state index contributed by atoms with van der Waals surface area (Å²) in [5, 5.41) is 23.5. The molecule has 0 bridgehead atoms. The van der Waals surface area contributed by atoms with Crippen LogP contribution in [0.1, 0.15) is 0 Å². The minimum absolute atomic E-state index is 0.00694. The summed E-state index contributed by atoms with van der Waals surface area (Å²) in [5.74, 6) is 1.02. The molecule has 0 aliphatic carbocycles. The first-order valence-electron chi connectivity index (χ1n) is 20.8. The molecule has 10 aromatic heterocycles. The van der Waals surface area contributed by atoms with Crippen molar-refractivity contribution in [3.05, 3.63) is 156 Å². The summed E-state index contributed by atoms with van der Waals surface area (Å²) < 4.78 is 8.89. The number of nitrogens with one attached hydrogen (secondary N) is 1. The second-order valence-corrected chi connectivity index (χ2v) is 24.9. The molecule has 0 amide bonds. The zero-order valence-corrected chi connectivity index (χ0v) is 45.1. The van der Waals surface area contributed by atoms with Crippen LogP contribution in [-0.2, 0) is 11.5 Å². The van der Waals surface area contributed by atoms with Gasteiger partial charge in [0.25, 0.3) is 0 Å². The largest absolute Gasteiger partial charge is 0.491 e. The van der Waals surface area contributed by atoms with Crippen LogP contribution in [0.4, 0.5) is 11.6 Å². The number of anilines is 2. The maximum Gasteiger partial charge on any atom is 0.491 e. The Morgan fingerprint density at radius 2 is 1.13 bits per heavy atom. The van der Waals surface area contributed by atoms with Gasteiger partial charge in [-0.3, -0.25) is 4.57 Å². The van der Waals surface area contributed by atoms with E-state index in [1.807, 2.05) is 59.2 Å². The number of rotatable bonds is 7. The topological polar surface area (TPSA) is 226 Å². The molecule has 0 saturated heterocycles. The minimum atomic E-state index is -1.60. The van der Waals surface area contributed by atoms with Gasteiger partial charge in [0.1, 0.15) is 71.9 Å². The van der Waals surface area contributed by atoms with Crippen molar-refractivity contribution in [1.29, 1.82) is 0 Å². The van der Waals surface area contributed by atoms with Gasteiger partial charge in [-0.05, 0) is 120 Å². The molecular weight excluding hydrogens is 1150 g/mol. The first kappa shape index (κ1) is 54.4. The first-order valence-corrected chi connectivity index (χ1v) is 27.9. The SMILES string of the molecule is C[Si](C)(C)CCOCn1c2ncccc2c2ccc(Cl)nc21.Clc1ccc2c(n1)[nH]c1ncccc12.Nc1ncccc1-c1ccc(Cl)nc1Cl.Nc1ncccc1I.OB(O)c1ccc(Cl)nc1Cl.